The minimum absolute atomic E-state index is 0.374. The van der Waals surface area contributed by atoms with Crippen molar-refractivity contribution in [2.24, 2.45) is 0 Å². The molecule has 2 nitrogen and oxygen atoms in total. The van der Waals surface area contributed by atoms with Gasteiger partial charge in [-0.3, -0.25) is 4.79 Å². The molecule has 1 heterocycles. The maximum Gasteiger partial charge on any atom is 0.214 e. The van der Waals surface area contributed by atoms with Crippen molar-refractivity contribution in [3.05, 3.63) is 0 Å². The average Bonchev–Trinajstić information content (AvgIpc) is 2.11. The third-order valence-corrected chi connectivity index (χ3v) is 3.98. The van der Waals surface area contributed by atoms with Gasteiger partial charge >= 0.3 is 0 Å². The molecule has 0 unspecified atom stereocenters. The number of amides is 1. The normalized spacial score (nSPS) is 20.3. The Labute approximate surface area is 63.3 Å². The van der Waals surface area contributed by atoms with E-state index in [0.717, 1.165) is 19.4 Å². The van der Waals surface area contributed by atoms with Crippen LogP contribution in [0.5, 0.6) is 0 Å². The summed E-state index contributed by atoms with van der Waals surface area (Å²) in [6.07, 6.45) is 1.85. The fraction of sp³-hybridized carbons (Fsp3) is 0.857. The zero-order valence-corrected chi connectivity index (χ0v) is 7.98. The van der Waals surface area contributed by atoms with E-state index in [1.54, 1.807) is 0 Å². The molecule has 0 saturated carbocycles. The van der Waals surface area contributed by atoms with Crippen LogP contribution in [-0.4, -0.2) is 25.3 Å². The van der Waals surface area contributed by atoms with Crippen molar-refractivity contribution in [2.45, 2.75) is 32.5 Å². The molecule has 1 aliphatic heterocycles. The van der Waals surface area contributed by atoms with Crippen LogP contribution in [0.25, 0.3) is 0 Å². The summed E-state index contributed by atoms with van der Waals surface area (Å²) < 4.78 is 2.09. The summed E-state index contributed by atoms with van der Waals surface area (Å²) >= 11 is 0. The van der Waals surface area contributed by atoms with E-state index in [1.165, 1.54) is 0 Å². The molecule has 1 saturated heterocycles. The minimum Gasteiger partial charge on any atom is -0.370 e. The molecule has 3 heteroatoms. The maximum absolute atomic E-state index is 11.2. The van der Waals surface area contributed by atoms with Gasteiger partial charge in [-0.15, -0.1) is 0 Å². The van der Waals surface area contributed by atoms with Crippen molar-refractivity contribution in [3.8, 4) is 0 Å². The van der Waals surface area contributed by atoms with Gasteiger partial charge in [-0.2, -0.15) is 0 Å². The first kappa shape index (κ1) is 7.79. The molecule has 1 amide bonds. The third kappa shape index (κ3) is 1.40. The minimum atomic E-state index is -1.30. The van der Waals surface area contributed by atoms with Gasteiger partial charge in [-0.05, 0) is 6.42 Å². The Morgan fingerprint density at radius 3 is 2.20 bits per heavy atom. The van der Waals surface area contributed by atoms with E-state index in [0.29, 0.717) is 5.91 Å². The van der Waals surface area contributed by atoms with Crippen molar-refractivity contribution >= 4 is 14.1 Å². The van der Waals surface area contributed by atoms with E-state index >= 15 is 0 Å². The molecule has 0 aromatic heterocycles. The SMILES string of the molecule is C[Si](C)(C)N1CCCC1=O. The fourth-order valence-electron chi connectivity index (χ4n) is 1.36. The van der Waals surface area contributed by atoms with E-state index in [1.807, 2.05) is 0 Å². The van der Waals surface area contributed by atoms with Gasteiger partial charge in [0.15, 0.2) is 8.24 Å². The van der Waals surface area contributed by atoms with E-state index in [4.69, 9.17) is 0 Å². The van der Waals surface area contributed by atoms with Crippen LogP contribution in [0.1, 0.15) is 12.8 Å². The zero-order valence-electron chi connectivity index (χ0n) is 6.98. The van der Waals surface area contributed by atoms with Crippen LogP contribution < -0.4 is 0 Å². The van der Waals surface area contributed by atoms with Crippen molar-refractivity contribution in [1.82, 2.24) is 4.57 Å². The number of hydrogen-bond donors (Lipinski definition) is 0. The lowest BCUT2D eigenvalue weighted by Crippen LogP contribution is -2.46. The fourth-order valence-corrected chi connectivity index (χ4v) is 3.05. The second kappa shape index (κ2) is 2.38. The van der Waals surface area contributed by atoms with Crippen LogP contribution in [0.15, 0.2) is 0 Å². The topological polar surface area (TPSA) is 20.3 Å². The molecule has 0 atom stereocenters. The van der Waals surface area contributed by atoms with Crippen LogP contribution in [0.3, 0.4) is 0 Å². The van der Waals surface area contributed by atoms with Crippen molar-refractivity contribution in [3.63, 3.8) is 0 Å². The lowest BCUT2D eigenvalue weighted by molar-refractivity contribution is -0.124. The summed E-state index contributed by atoms with van der Waals surface area (Å²) in [6.45, 7) is 7.66. The average molecular weight is 157 g/mol. The molecule has 10 heavy (non-hydrogen) atoms. The summed E-state index contributed by atoms with van der Waals surface area (Å²) in [5, 5.41) is 0. The molecule has 1 aliphatic rings. The first-order chi connectivity index (χ1) is 4.52. The van der Waals surface area contributed by atoms with Crippen LogP contribution in [-0.2, 0) is 4.79 Å². The highest BCUT2D eigenvalue weighted by Crippen LogP contribution is 2.18. The predicted molar refractivity (Wildman–Crippen MR) is 44.3 cm³/mol. The smallest absolute Gasteiger partial charge is 0.214 e. The number of carbonyl (C=O) groups is 1. The highest BCUT2D eigenvalue weighted by molar-refractivity contribution is 6.75. The van der Waals surface area contributed by atoms with Gasteiger partial charge in [0.1, 0.15) is 0 Å². The molecule has 0 radical (unpaired) electrons. The van der Waals surface area contributed by atoms with Crippen molar-refractivity contribution in [1.29, 1.82) is 0 Å². The molecule has 0 bridgehead atoms. The molecule has 1 fully saturated rings. The van der Waals surface area contributed by atoms with E-state index < -0.39 is 8.24 Å². The summed E-state index contributed by atoms with van der Waals surface area (Å²) in [5.41, 5.74) is 0. The molecule has 0 aromatic rings. The molecule has 0 aromatic carbocycles. The monoisotopic (exact) mass is 157 g/mol. The number of nitrogens with zero attached hydrogens (tertiary/aromatic N) is 1. The Morgan fingerprint density at radius 1 is 1.40 bits per heavy atom. The molecule has 58 valence electrons. The molecule has 0 N–H and O–H groups in total. The number of carbonyl (C=O) groups excluding carboxylic acids is 1. The van der Waals surface area contributed by atoms with Crippen molar-refractivity contribution in [2.75, 3.05) is 6.54 Å². The van der Waals surface area contributed by atoms with Crippen molar-refractivity contribution < 1.29 is 4.79 Å². The second-order valence-electron chi connectivity index (χ2n) is 3.82. The van der Waals surface area contributed by atoms with E-state index in [9.17, 15) is 4.79 Å². The van der Waals surface area contributed by atoms with Gasteiger partial charge in [0, 0.05) is 13.0 Å². The standard InChI is InChI=1S/C7H15NOSi/c1-10(2,3)8-6-4-5-7(8)9/h4-6H2,1-3H3. The van der Waals surface area contributed by atoms with Crippen LogP contribution >= 0.6 is 0 Å². The van der Waals surface area contributed by atoms with Gasteiger partial charge < -0.3 is 4.57 Å². The lowest BCUT2D eigenvalue weighted by atomic mass is 10.4. The van der Waals surface area contributed by atoms with Crippen LogP contribution in [0.2, 0.25) is 19.6 Å². The Kier molecular flexibility index (Phi) is 1.85. The van der Waals surface area contributed by atoms with Gasteiger partial charge in [-0.1, -0.05) is 19.6 Å². The number of rotatable bonds is 1. The Bertz CT molecular complexity index is 150. The zero-order chi connectivity index (χ0) is 7.78. The molecular formula is C7H15NOSi. The summed E-state index contributed by atoms with van der Waals surface area (Å²) in [7, 11) is -1.30. The van der Waals surface area contributed by atoms with E-state index in [2.05, 4.69) is 24.2 Å². The quantitative estimate of drug-likeness (QED) is 0.527. The lowest BCUT2D eigenvalue weighted by Gasteiger charge is -2.29. The Balaban J connectivity index is 2.64. The van der Waals surface area contributed by atoms with Crippen LogP contribution in [0, 0.1) is 0 Å². The maximum atomic E-state index is 11.2. The molecule has 1 rings (SSSR count). The van der Waals surface area contributed by atoms with Gasteiger partial charge in [0.05, 0.1) is 0 Å². The molecular weight excluding hydrogens is 142 g/mol. The molecule has 0 spiro atoms. The number of hydrogen-bond acceptors (Lipinski definition) is 1. The first-order valence-electron chi connectivity index (χ1n) is 3.82. The van der Waals surface area contributed by atoms with Crippen LogP contribution in [0.4, 0.5) is 0 Å². The largest absolute Gasteiger partial charge is 0.370 e. The predicted octanol–water partition coefficient (Wildman–Crippen LogP) is 1.44. The Morgan fingerprint density at radius 2 is 2.00 bits per heavy atom. The van der Waals surface area contributed by atoms with Gasteiger partial charge in [0.2, 0.25) is 5.91 Å². The second-order valence-corrected chi connectivity index (χ2v) is 8.70. The van der Waals surface area contributed by atoms with Gasteiger partial charge in [-0.25, -0.2) is 0 Å². The summed E-state index contributed by atoms with van der Waals surface area (Å²) in [4.78, 5) is 11.2. The highest BCUT2D eigenvalue weighted by atomic mass is 28.3. The summed E-state index contributed by atoms with van der Waals surface area (Å²) in [6, 6.07) is 0. The van der Waals surface area contributed by atoms with E-state index in [-0.39, 0.29) is 0 Å². The highest BCUT2D eigenvalue weighted by Gasteiger charge is 2.31. The summed E-state index contributed by atoms with van der Waals surface area (Å²) in [5.74, 6) is 0.374. The third-order valence-electron chi connectivity index (χ3n) is 1.88. The molecule has 0 aliphatic carbocycles. The first-order valence-corrected chi connectivity index (χ1v) is 7.27. The van der Waals surface area contributed by atoms with Gasteiger partial charge in [0.25, 0.3) is 0 Å². The Hall–Kier alpha value is -0.313.